The predicted molar refractivity (Wildman–Crippen MR) is 79.1 cm³/mol. The van der Waals surface area contributed by atoms with Crippen molar-refractivity contribution in [3.05, 3.63) is 28.7 Å². The fraction of sp³-hybridized carbons (Fsp3) is 0.571. The lowest BCUT2D eigenvalue weighted by atomic mass is 10.2. The summed E-state index contributed by atoms with van der Waals surface area (Å²) in [4.78, 5) is 2.33. The Labute approximate surface area is 118 Å². The molecule has 0 amide bonds. The van der Waals surface area contributed by atoms with E-state index in [0.717, 1.165) is 36.4 Å². The molecule has 1 unspecified atom stereocenters. The van der Waals surface area contributed by atoms with Crippen LogP contribution in [0.25, 0.3) is 0 Å². The van der Waals surface area contributed by atoms with E-state index in [1.807, 2.05) is 12.1 Å². The van der Waals surface area contributed by atoms with Gasteiger partial charge >= 0.3 is 0 Å². The van der Waals surface area contributed by atoms with Crippen molar-refractivity contribution in [1.82, 2.24) is 4.90 Å². The van der Waals surface area contributed by atoms with Gasteiger partial charge in [-0.2, -0.15) is 0 Å². The molecular formula is C14H21BrN2O. The normalized spacial score (nSPS) is 19.4. The summed E-state index contributed by atoms with van der Waals surface area (Å²) < 4.78 is 6.76. The number of para-hydroxylation sites is 1. The Morgan fingerprint density at radius 2 is 2.28 bits per heavy atom. The van der Waals surface area contributed by atoms with E-state index in [4.69, 9.17) is 4.74 Å². The van der Waals surface area contributed by atoms with Gasteiger partial charge in [-0.05, 0) is 48.0 Å². The second-order valence-corrected chi connectivity index (χ2v) is 5.66. The highest BCUT2D eigenvalue weighted by Gasteiger charge is 2.16. The van der Waals surface area contributed by atoms with Crippen molar-refractivity contribution in [2.75, 3.05) is 38.6 Å². The third-order valence-corrected chi connectivity index (χ3v) is 3.91. The quantitative estimate of drug-likeness (QED) is 0.874. The highest BCUT2D eigenvalue weighted by atomic mass is 79.9. The van der Waals surface area contributed by atoms with Crippen LogP contribution in [0.3, 0.4) is 0 Å². The molecule has 1 aliphatic heterocycles. The van der Waals surface area contributed by atoms with E-state index < -0.39 is 0 Å². The van der Waals surface area contributed by atoms with Crippen LogP contribution in [0.15, 0.2) is 28.7 Å². The lowest BCUT2D eigenvalue weighted by Crippen LogP contribution is -2.32. The van der Waals surface area contributed by atoms with E-state index in [0.29, 0.717) is 6.10 Å². The molecule has 1 aromatic rings. The van der Waals surface area contributed by atoms with Crippen LogP contribution in [-0.4, -0.2) is 44.3 Å². The van der Waals surface area contributed by atoms with E-state index in [1.165, 1.54) is 12.8 Å². The Hall–Kier alpha value is -0.580. The summed E-state index contributed by atoms with van der Waals surface area (Å²) in [5, 5.41) is 3.44. The van der Waals surface area contributed by atoms with E-state index in [9.17, 15) is 0 Å². The summed E-state index contributed by atoms with van der Waals surface area (Å²) in [6, 6.07) is 8.21. The van der Waals surface area contributed by atoms with Crippen LogP contribution < -0.4 is 5.32 Å². The molecule has 0 radical (unpaired) electrons. The molecule has 0 saturated carbocycles. The summed E-state index contributed by atoms with van der Waals surface area (Å²) in [7, 11) is 2.16. The first-order valence-electron chi connectivity index (χ1n) is 6.54. The van der Waals surface area contributed by atoms with Gasteiger partial charge in [0.2, 0.25) is 0 Å². The number of hydrogen-bond acceptors (Lipinski definition) is 3. The summed E-state index contributed by atoms with van der Waals surface area (Å²) in [6.45, 7) is 3.96. The number of hydrogen-bond donors (Lipinski definition) is 1. The highest BCUT2D eigenvalue weighted by Crippen LogP contribution is 2.20. The standard InChI is InChI=1S/C14H21BrN2O/c1-17(11-12-5-4-10-18-12)9-8-16-14-7-3-2-6-13(14)15/h2-3,6-7,12,16H,4-5,8-11H2,1H3. The molecule has 0 spiro atoms. The number of likely N-dealkylation sites (N-methyl/N-ethyl adjacent to an activating group) is 1. The van der Waals surface area contributed by atoms with Crippen molar-refractivity contribution in [1.29, 1.82) is 0 Å². The second kappa shape index (κ2) is 7.12. The zero-order chi connectivity index (χ0) is 12.8. The molecule has 2 rings (SSSR count). The van der Waals surface area contributed by atoms with Gasteiger partial charge in [0.1, 0.15) is 0 Å². The van der Waals surface area contributed by atoms with Crippen molar-refractivity contribution < 1.29 is 4.74 Å². The minimum absolute atomic E-state index is 0.443. The zero-order valence-electron chi connectivity index (χ0n) is 10.9. The van der Waals surface area contributed by atoms with Gasteiger partial charge < -0.3 is 15.0 Å². The Morgan fingerprint density at radius 3 is 3.00 bits per heavy atom. The molecule has 100 valence electrons. The zero-order valence-corrected chi connectivity index (χ0v) is 12.4. The predicted octanol–water partition coefficient (Wildman–Crippen LogP) is 2.97. The summed E-state index contributed by atoms with van der Waals surface area (Å²) in [6.07, 6.45) is 2.87. The van der Waals surface area contributed by atoms with E-state index in [1.54, 1.807) is 0 Å². The molecule has 1 fully saturated rings. The van der Waals surface area contributed by atoms with Crippen LogP contribution >= 0.6 is 15.9 Å². The van der Waals surface area contributed by atoms with Crippen molar-refractivity contribution in [2.24, 2.45) is 0 Å². The number of rotatable bonds is 6. The number of halogens is 1. The molecule has 1 N–H and O–H groups in total. The smallest absolute Gasteiger partial charge is 0.0702 e. The Bertz CT molecular complexity index is 367. The fourth-order valence-corrected chi connectivity index (χ4v) is 2.64. The second-order valence-electron chi connectivity index (χ2n) is 4.80. The Balaban J connectivity index is 1.67. The molecular weight excluding hydrogens is 292 g/mol. The molecule has 0 aliphatic carbocycles. The topological polar surface area (TPSA) is 24.5 Å². The van der Waals surface area contributed by atoms with Crippen molar-refractivity contribution in [2.45, 2.75) is 18.9 Å². The Kier molecular flexibility index (Phi) is 5.47. The maximum Gasteiger partial charge on any atom is 0.0702 e. The third kappa shape index (κ3) is 4.26. The number of ether oxygens (including phenoxy) is 1. The first-order valence-corrected chi connectivity index (χ1v) is 7.33. The van der Waals surface area contributed by atoms with Gasteiger partial charge in [0, 0.05) is 36.4 Å². The van der Waals surface area contributed by atoms with Crippen LogP contribution in [0.4, 0.5) is 5.69 Å². The molecule has 0 aromatic heterocycles. The van der Waals surface area contributed by atoms with Crippen LogP contribution in [0.1, 0.15) is 12.8 Å². The molecule has 0 bridgehead atoms. The molecule has 1 aromatic carbocycles. The van der Waals surface area contributed by atoms with E-state index in [-0.39, 0.29) is 0 Å². The molecule has 4 heteroatoms. The van der Waals surface area contributed by atoms with Crippen LogP contribution in [0.5, 0.6) is 0 Å². The summed E-state index contributed by atoms with van der Waals surface area (Å²) in [5.74, 6) is 0. The van der Waals surface area contributed by atoms with Gasteiger partial charge in [0.25, 0.3) is 0 Å². The third-order valence-electron chi connectivity index (χ3n) is 3.22. The molecule has 1 aliphatic rings. The van der Waals surface area contributed by atoms with E-state index in [2.05, 4.69) is 45.3 Å². The highest BCUT2D eigenvalue weighted by molar-refractivity contribution is 9.10. The van der Waals surface area contributed by atoms with Gasteiger partial charge in [-0.1, -0.05) is 12.1 Å². The van der Waals surface area contributed by atoms with Gasteiger partial charge in [-0.25, -0.2) is 0 Å². The average Bonchev–Trinajstić information content (AvgIpc) is 2.84. The van der Waals surface area contributed by atoms with Crippen molar-refractivity contribution in [3.8, 4) is 0 Å². The van der Waals surface area contributed by atoms with Gasteiger partial charge in [-0.15, -0.1) is 0 Å². The molecule has 3 nitrogen and oxygen atoms in total. The minimum atomic E-state index is 0.443. The number of nitrogens with zero attached hydrogens (tertiary/aromatic N) is 1. The summed E-state index contributed by atoms with van der Waals surface area (Å²) in [5.41, 5.74) is 1.16. The number of benzene rings is 1. The van der Waals surface area contributed by atoms with Crippen molar-refractivity contribution >= 4 is 21.6 Å². The first kappa shape index (κ1) is 13.8. The lowest BCUT2D eigenvalue weighted by Gasteiger charge is -2.21. The van der Waals surface area contributed by atoms with Crippen LogP contribution in [0, 0.1) is 0 Å². The van der Waals surface area contributed by atoms with Crippen LogP contribution in [-0.2, 0) is 4.74 Å². The number of nitrogens with one attached hydrogen (secondary N) is 1. The van der Waals surface area contributed by atoms with E-state index >= 15 is 0 Å². The maximum absolute atomic E-state index is 5.64. The lowest BCUT2D eigenvalue weighted by molar-refractivity contribution is 0.0823. The molecule has 1 atom stereocenters. The molecule has 1 heterocycles. The van der Waals surface area contributed by atoms with Gasteiger partial charge in [0.05, 0.1) is 6.10 Å². The minimum Gasteiger partial charge on any atom is -0.383 e. The van der Waals surface area contributed by atoms with Gasteiger partial charge in [0.15, 0.2) is 0 Å². The molecule has 1 saturated heterocycles. The largest absolute Gasteiger partial charge is 0.383 e. The number of anilines is 1. The first-order chi connectivity index (χ1) is 8.75. The summed E-state index contributed by atoms with van der Waals surface area (Å²) >= 11 is 3.54. The van der Waals surface area contributed by atoms with Crippen LogP contribution in [0.2, 0.25) is 0 Å². The van der Waals surface area contributed by atoms with Gasteiger partial charge in [-0.3, -0.25) is 0 Å². The molecule has 18 heavy (non-hydrogen) atoms. The Morgan fingerprint density at radius 1 is 1.44 bits per heavy atom. The monoisotopic (exact) mass is 312 g/mol. The average molecular weight is 313 g/mol. The SMILES string of the molecule is CN(CCNc1ccccc1Br)CC1CCCO1. The van der Waals surface area contributed by atoms with Crippen molar-refractivity contribution in [3.63, 3.8) is 0 Å². The fourth-order valence-electron chi connectivity index (χ4n) is 2.21. The maximum atomic E-state index is 5.64.